The van der Waals surface area contributed by atoms with E-state index in [9.17, 15) is 14.0 Å². The molecular weight excluding hydrogens is 341 g/mol. The van der Waals surface area contributed by atoms with Gasteiger partial charge in [0, 0.05) is 6.08 Å². The van der Waals surface area contributed by atoms with Gasteiger partial charge in [0.15, 0.2) is 11.5 Å². The minimum absolute atomic E-state index is 0.160. The number of rotatable bonds is 6. The standard InChI is InChI=1S/C19H16FNO5/c20-14-3-1-2-13(9-14)15(10-19(23)24)21-18(22)7-5-12-4-6-16-17(8-12)26-11-25-16/h1-9,15H,10-11H2,(H,21,22)(H,23,24). The molecule has 0 aliphatic carbocycles. The number of halogens is 1. The third-order valence-corrected chi connectivity index (χ3v) is 3.77. The lowest BCUT2D eigenvalue weighted by atomic mass is 10.0. The number of ether oxygens (including phenoxy) is 2. The summed E-state index contributed by atoms with van der Waals surface area (Å²) in [5, 5.41) is 11.6. The van der Waals surface area contributed by atoms with Crippen LogP contribution in [0, 0.1) is 5.82 Å². The molecule has 0 saturated carbocycles. The maximum Gasteiger partial charge on any atom is 0.305 e. The number of amides is 1. The molecule has 26 heavy (non-hydrogen) atoms. The van der Waals surface area contributed by atoms with E-state index in [1.165, 1.54) is 24.3 Å². The number of carbonyl (C=O) groups is 2. The van der Waals surface area contributed by atoms with Gasteiger partial charge in [-0.15, -0.1) is 0 Å². The first-order chi connectivity index (χ1) is 12.5. The summed E-state index contributed by atoms with van der Waals surface area (Å²) < 4.78 is 23.9. The number of hydrogen-bond acceptors (Lipinski definition) is 4. The molecule has 2 aromatic rings. The van der Waals surface area contributed by atoms with Gasteiger partial charge in [-0.05, 0) is 41.5 Å². The predicted molar refractivity (Wildman–Crippen MR) is 91.1 cm³/mol. The largest absolute Gasteiger partial charge is 0.481 e. The third-order valence-electron chi connectivity index (χ3n) is 3.77. The maximum atomic E-state index is 13.4. The molecular formula is C19H16FNO5. The zero-order valence-electron chi connectivity index (χ0n) is 13.6. The van der Waals surface area contributed by atoms with Gasteiger partial charge in [0.25, 0.3) is 0 Å². The number of aliphatic carboxylic acids is 1. The number of benzene rings is 2. The Hall–Kier alpha value is -3.35. The van der Waals surface area contributed by atoms with Crippen LogP contribution < -0.4 is 14.8 Å². The molecule has 1 atom stereocenters. The number of nitrogens with one attached hydrogen (secondary N) is 1. The minimum atomic E-state index is -1.10. The average Bonchev–Trinajstić information content (AvgIpc) is 3.07. The fourth-order valence-corrected chi connectivity index (χ4v) is 2.56. The Bertz CT molecular complexity index is 865. The van der Waals surface area contributed by atoms with Gasteiger partial charge in [-0.1, -0.05) is 18.2 Å². The molecule has 0 radical (unpaired) electrons. The number of carboxylic acids is 1. The highest BCUT2D eigenvalue weighted by molar-refractivity contribution is 5.92. The monoisotopic (exact) mass is 357 g/mol. The van der Waals surface area contributed by atoms with Gasteiger partial charge in [-0.3, -0.25) is 9.59 Å². The van der Waals surface area contributed by atoms with Crippen molar-refractivity contribution >= 4 is 18.0 Å². The van der Waals surface area contributed by atoms with Crippen LogP contribution >= 0.6 is 0 Å². The van der Waals surface area contributed by atoms with Crippen LogP contribution in [0.15, 0.2) is 48.5 Å². The van der Waals surface area contributed by atoms with Crippen molar-refractivity contribution in [3.8, 4) is 11.5 Å². The molecule has 1 aliphatic rings. The Kier molecular flexibility index (Phi) is 5.17. The second kappa shape index (κ2) is 7.69. The van der Waals surface area contributed by atoms with Crippen molar-refractivity contribution in [3.05, 3.63) is 65.5 Å². The summed E-state index contributed by atoms with van der Waals surface area (Å²) in [6.07, 6.45) is 2.50. The van der Waals surface area contributed by atoms with Crippen molar-refractivity contribution in [3.63, 3.8) is 0 Å². The zero-order chi connectivity index (χ0) is 18.5. The number of hydrogen-bond donors (Lipinski definition) is 2. The first kappa shape index (κ1) is 17.5. The quantitative estimate of drug-likeness (QED) is 0.777. The SMILES string of the molecule is O=C(O)CC(NC(=O)C=Cc1ccc2c(c1)OCO2)c1cccc(F)c1. The molecule has 1 heterocycles. The normalized spacial score (nSPS) is 13.6. The maximum absolute atomic E-state index is 13.4. The fraction of sp³-hybridized carbons (Fsp3) is 0.158. The highest BCUT2D eigenvalue weighted by Crippen LogP contribution is 2.32. The molecule has 1 amide bonds. The summed E-state index contributed by atoms with van der Waals surface area (Å²) in [6, 6.07) is 9.88. The lowest BCUT2D eigenvalue weighted by Crippen LogP contribution is -2.28. The molecule has 0 saturated heterocycles. The fourth-order valence-electron chi connectivity index (χ4n) is 2.56. The lowest BCUT2D eigenvalue weighted by Gasteiger charge is -2.16. The highest BCUT2D eigenvalue weighted by Gasteiger charge is 2.18. The Morgan fingerprint density at radius 2 is 2.00 bits per heavy atom. The van der Waals surface area contributed by atoms with Crippen molar-refractivity contribution in [2.24, 2.45) is 0 Å². The summed E-state index contributed by atoms with van der Waals surface area (Å²) in [6.45, 7) is 0.160. The summed E-state index contributed by atoms with van der Waals surface area (Å²) in [4.78, 5) is 23.2. The molecule has 3 rings (SSSR count). The average molecular weight is 357 g/mol. The first-order valence-electron chi connectivity index (χ1n) is 7.87. The molecule has 2 N–H and O–H groups in total. The molecule has 2 aromatic carbocycles. The molecule has 6 nitrogen and oxygen atoms in total. The van der Waals surface area contributed by atoms with E-state index in [1.807, 2.05) is 0 Å². The van der Waals surface area contributed by atoms with Gasteiger partial charge in [0.05, 0.1) is 12.5 Å². The molecule has 7 heteroatoms. The van der Waals surface area contributed by atoms with Gasteiger partial charge < -0.3 is 19.9 Å². The van der Waals surface area contributed by atoms with Crippen molar-refractivity contribution in [1.29, 1.82) is 0 Å². The number of carbonyl (C=O) groups excluding carboxylic acids is 1. The van der Waals surface area contributed by atoms with E-state index in [-0.39, 0.29) is 13.2 Å². The first-order valence-corrected chi connectivity index (χ1v) is 7.87. The van der Waals surface area contributed by atoms with Crippen LogP contribution in [0.1, 0.15) is 23.6 Å². The van der Waals surface area contributed by atoms with Crippen LogP contribution in [0.4, 0.5) is 4.39 Å². The smallest absolute Gasteiger partial charge is 0.305 e. The summed E-state index contributed by atoms with van der Waals surface area (Å²) in [7, 11) is 0. The second-order valence-electron chi connectivity index (χ2n) is 5.66. The van der Waals surface area contributed by atoms with Crippen LogP contribution in [0.2, 0.25) is 0 Å². The van der Waals surface area contributed by atoms with Crippen LogP contribution in [-0.2, 0) is 9.59 Å². The van der Waals surface area contributed by atoms with E-state index in [4.69, 9.17) is 14.6 Å². The summed E-state index contributed by atoms with van der Waals surface area (Å²) >= 11 is 0. The van der Waals surface area contributed by atoms with Crippen molar-refractivity contribution in [2.75, 3.05) is 6.79 Å². The number of carboxylic acid groups (broad SMARTS) is 1. The zero-order valence-corrected chi connectivity index (χ0v) is 13.6. The van der Waals surface area contributed by atoms with Gasteiger partial charge in [-0.25, -0.2) is 4.39 Å². The van der Waals surface area contributed by atoms with Gasteiger partial charge in [0.1, 0.15) is 5.82 Å². The summed E-state index contributed by atoms with van der Waals surface area (Å²) in [5.41, 5.74) is 1.11. The Morgan fingerprint density at radius 1 is 1.19 bits per heavy atom. The van der Waals surface area contributed by atoms with Crippen LogP contribution in [-0.4, -0.2) is 23.8 Å². The van der Waals surface area contributed by atoms with E-state index in [0.717, 1.165) is 5.56 Å². The van der Waals surface area contributed by atoms with E-state index < -0.39 is 23.7 Å². The Morgan fingerprint density at radius 3 is 2.77 bits per heavy atom. The van der Waals surface area contributed by atoms with Crippen LogP contribution in [0.25, 0.3) is 6.08 Å². The number of fused-ring (bicyclic) bond motifs is 1. The molecule has 0 fully saturated rings. The minimum Gasteiger partial charge on any atom is -0.481 e. The lowest BCUT2D eigenvalue weighted by molar-refractivity contribution is -0.137. The van der Waals surface area contributed by atoms with Gasteiger partial charge in [0.2, 0.25) is 12.7 Å². The Balaban J connectivity index is 1.70. The van der Waals surface area contributed by atoms with Crippen molar-refractivity contribution in [1.82, 2.24) is 5.32 Å². The van der Waals surface area contributed by atoms with Crippen molar-refractivity contribution < 1.29 is 28.6 Å². The third kappa shape index (κ3) is 4.38. The molecule has 134 valence electrons. The van der Waals surface area contributed by atoms with E-state index in [2.05, 4.69) is 5.32 Å². The van der Waals surface area contributed by atoms with Crippen LogP contribution in [0.5, 0.6) is 11.5 Å². The molecule has 0 bridgehead atoms. The molecule has 1 aliphatic heterocycles. The van der Waals surface area contributed by atoms with Crippen LogP contribution in [0.3, 0.4) is 0 Å². The Labute approximate surface area is 148 Å². The topological polar surface area (TPSA) is 84.9 Å². The van der Waals surface area contributed by atoms with E-state index in [0.29, 0.717) is 17.1 Å². The van der Waals surface area contributed by atoms with Crippen molar-refractivity contribution in [2.45, 2.75) is 12.5 Å². The predicted octanol–water partition coefficient (Wildman–Crippen LogP) is 2.90. The summed E-state index contributed by atoms with van der Waals surface area (Å²) in [5.74, 6) is -0.851. The molecule has 1 unspecified atom stereocenters. The van der Waals surface area contributed by atoms with Gasteiger partial charge >= 0.3 is 5.97 Å². The van der Waals surface area contributed by atoms with Gasteiger partial charge in [-0.2, -0.15) is 0 Å². The molecule has 0 spiro atoms. The second-order valence-corrected chi connectivity index (χ2v) is 5.66. The van der Waals surface area contributed by atoms with E-state index >= 15 is 0 Å². The highest BCUT2D eigenvalue weighted by atomic mass is 19.1. The van der Waals surface area contributed by atoms with E-state index in [1.54, 1.807) is 30.3 Å². The molecule has 0 aromatic heterocycles.